The van der Waals surface area contributed by atoms with Crippen LogP contribution < -0.4 is 14.2 Å². The maximum Gasteiger partial charge on any atom is 0.161 e. The van der Waals surface area contributed by atoms with Gasteiger partial charge in [0.05, 0.1) is 32.0 Å². The van der Waals surface area contributed by atoms with Crippen LogP contribution in [0.5, 0.6) is 23.0 Å². The molecule has 0 spiro atoms. The van der Waals surface area contributed by atoms with Gasteiger partial charge < -0.3 is 19.3 Å². The van der Waals surface area contributed by atoms with E-state index in [-0.39, 0.29) is 5.75 Å². The zero-order valence-corrected chi connectivity index (χ0v) is 14.6. The molecule has 0 saturated heterocycles. The van der Waals surface area contributed by atoms with Gasteiger partial charge in [-0.1, -0.05) is 6.07 Å². The summed E-state index contributed by atoms with van der Waals surface area (Å²) in [6.45, 7) is 4.84. The van der Waals surface area contributed by atoms with Gasteiger partial charge >= 0.3 is 0 Å². The normalized spacial score (nSPS) is 10.9. The third kappa shape index (κ3) is 4.45. The Labute approximate surface area is 147 Å². The summed E-state index contributed by atoms with van der Waals surface area (Å²) in [6.07, 6.45) is 1.73. The fraction of sp³-hybridized carbons (Fsp3) is 0.250. The van der Waals surface area contributed by atoms with Crippen LogP contribution in [-0.4, -0.2) is 25.4 Å². The predicted octanol–water partition coefficient (Wildman–Crippen LogP) is 4.26. The van der Waals surface area contributed by atoms with Crippen LogP contribution in [0.4, 0.5) is 0 Å². The summed E-state index contributed by atoms with van der Waals surface area (Å²) in [7, 11) is 1.48. The van der Waals surface area contributed by atoms with Crippen molar-refractivity contribution in [2.75, 3.05) is 20.3 Å². The van der Waals surface area contributed by atoms with Gasteiger partial charge in [0, 0.05) is 0 Å². The molecule has 2 aromatic carbocycles. The fourth-order valence-electron chi connectivity index (χ4n) is 2.35. The number of rotatable bonds is 7. The molecule has 0 unspecified atom stereocenters. The van der Waals surface area contributed by atoms with Gasteiger partial charge in [0.1, 0.15) is 0 Å². The second kappa shape index (κ2) is 8.65. The van der Waals surface area contributed by atoms with E-state index in [4.69, 9.17) is 14.2 Å². The summed E-state index contributed by atoms with van der Waals surface area (Å²) < 4.78 is 16.3. The Morgan fingerprint density at radius 2 is 1.76 bits per heavy atom. The average Bonchev–Trinajstić information content (AvgIpc) is 2.63. The zero-order chi connectivity index (χ0) is 18.2. The van der Waals surface area contributed by atoms with E-state index in [0.29, 0.717) is 36.0 Å². The van der Waals surface area contributed by atoms with E-state index >= 15 is 0 Å². The lowest BCUT2D eigenvalue weighted by Gasteiger charge is -2.12. The van der Waals surface area contributed by atoms with Crippen LogP contribution in [0.15, 0.2) is 36.4 Å². The number of hydrogen-bond acceptors (Lipinski definition) is 5. The predicted molar refractivity (Wildman–Crippen MR) is 96.9 cm³/mol. The quantitative estimate of drug-likeness (QED) is 0.603. The zero-order valence-electron chi connectivity index (χ0n) is 14.6. The van der Waals surface area contributed by atoms with Crippen LogP contribution in [0, 0.1) is 11.3 Å². The third-order valence-electron chi connectivity index (χ3n) is 3.49. The van der Waals surface area contributed by atoms with E-state index in [2.05, 4.69) is 6.07 Å². The Morgan fingerprint density at radius 3 is 2.40 bits per heavy atom. The highest BCUT2D eigenvalue weighted by Gasteiger charge is 2.10. The van der Waals surface area contributed by atoms with Gasteiger partial charge in [-0.25, -0.2) is 0 Å². The molecule has 0 aliphatic carbocycles. The van der Waals surface area contributed by atoms with Gasteiger partial charge in [0.25, 0.3) is 0 Å². The highest BCUT2D eigenvalue weighted by molar-refractivity contribution is 5.90. The minimum atomic E-state index is 0.0536. The maximum atomic E-state index is 9.68. The van der Waals surface area contributed by atoms with Crippen molar-refractivity contribution in [1.82, 2.24) is 0 Å². The van der Waals surface area contributed by atoms with E-state index in [1.54, 1.807) is 30.3 Å². The largest absolute Gasteiger partial charge is 0.504 e. The Morgan fingerprint density at radius 1 is 1.04 bits per heavy atom. The van der Waals surface area contributed by atoms with Crippen molar-refractivity contribution < 1.29 is 19.3 Å². The second-order valence-corrected chi connectivity index (χ2v) is 5.13. The Balaban J connectivity index is 2.43. The Kier molecular flexibility index (Phi) is 6.30. The van der Waals surface area contributed by atoms with Crippen LogP contribution in [0.2, 0.25) is 0 Å². The van der Waals surface area contributed by atoms with Crippen LogP contribution in [0.3, 0.4) is 0 Å². The number of phenols is 1. The molecule has 0 aromatic heterocycles. The van der Waals surface area contributed by atoms with Gasteiger partial charge in [0.2, 0.25) is 0 Å². The van der Waals surface area contributed by atoms with Crippen LogP contribution in [0.25, 0.3) is 11.6 Å². The molecule has 5 heteroatoms. The SMILES string of the molecule is CCOc1ccc(/C(C#N)=C/c2ccc(O)c(OC)c2)cc1OCC. The molecule has 0 amide bonds. The lowest BCUT2D eigenvalue weighted by molar-refractivity contribution is 0.287. The van der Waals surface area contributed by atoms with Crippen molar-refractivity contribution in [3.63, 3.8) is 0 Å². The fourth-order valence-corrected chi connectivity index (χ4v) is 2.35. The van der Waals surface area contributed by atoms with E-state index in [1.165, 1.54) is 13.2 Å². The standard InChI is InChI=1S/C20H21NO4/c1-4-24-18-9-7-15(12-20(18)25-5-2)16(13-21)10-14-6-8-17(22)19(11-14)23-3/h6-12,22H,4-5H2,1-3H3/b16-10+. The van der Waals surface area contributed by atoms with E-state index in [9.17, 15) is 10.4 Å². The van der Waals surface area contributed by atoms with Gasteiger partial charge in [-0.2, -0.15) is 5.26 Å². The molecule has 5 nitrogen and oxygen atoms in total. The van der Waals surface area contributed by atoms with Crippen LogP contribution >= 0.6 is 0 Å². The molecule has 25 heavy (non-hydrogen) atoms. The first-order valence-electron chi connectivity index (χ1n) is 8.01. The summed E-state index contributed by atoms with van der Waals surface area (Å²) in [5, 5.41) is 19.2. The number of nitriles is 1. The first-order valence-corrected chi connectivity index (χ1v) is 8.01. The summed E-state index contributed by atoms with van der Waals surface area (Å²) in [5.74, 6) is 1.66. The second-order valence-electron chi connectivity index (χ2n) is 5.13. The average molecular weight is 339 g/mol. The summed E-state index contributed by atoms with van der Waals surface area (Å²) in [5.41, 5.74) is 1.94. The van der Waals surface area contributed by atoms with Crippen molar-refractivity contribution in [2.24, 2.45) is 0 Å². The number of nitrogens with zero attached hydrogens (tertiary/aromatic N) is 1. The lowest BCUT2D eigenvalue weighted by atomic mass is 10.0. The van der Waals surface area contributed by atoms with Crippen molar-refractivity contribution in [1.29, 1.82) is 5.26 Å². The number of benzene rings is 2. The summed E-state index contributed by atoms with van der Waals surface area (Å²) in [4.78, 5) is 0. The number of phenolic OH excluding ortho intramolecular Hbond substituents is 1. The molecule has 2 rings (SSSR count). The molecule has 0 atom stereocenters. The topological polar surface area (TPSA) is 71.7 Å². The molecule has 0 aliphatic heterocycles. The van der Waals surface area contributed by atoms with Crippen molar-refractivity contribution >= 4 is 11.6 Å². The number of aromatic hydroxyl groups is 1. The molecule has 1 N–H and O–H groups in total. The van der Waals surface area contributed by atoms with Crippen molar-refractivity contribution in [2.45, 2.75) is 13.8 Å². The van der Waals surface area contributed by atoms with E-state index < -0.39 is 0 Å². The van der Waals surface area contributed by atoms with Crippen LogP contribution in [-0.2, 0) is 0 Å². The van der Waals surface area contributed by atoms with Gasteiger partial charge in [-0.3, -0.25) is 0 Å². The smallest absolute Gasteiger partial charge is 0.161 e. The molecule has 0 bridgehead atoms. The number of allylic oxidation sites excluding steroid dienone is 1. The number of methoxy groups -OCH3 is 1. The molecule has 0 heterocycles. The maximum absolute atomic E-state index is 9.68. The first-order chi connectivity index (χ1) is 12.1. The third-order valence-corrected chi connectivity index (χ3v) is 3.49. The van der Waals surface area contributed by atoms with Gasteiger partial charge in [-0.15, -0.1) is 0 Å². The molecule has 0 fully saturated rings. The van der Waals surface area contributed by atoms with E-state index in [0.717, 1.165) is 11.1 Å². The number of ether oxygens (including phenoxy) is 3. The first kappa shape index (κ1) is 18.2. The molecule has 0 radical (unpaired) electrons. The van der Waals surface area contributed by atoms with Crippen molar-refractivity contribution in [3.05, 3.63) is 47.5 Å². The molecule has 0 aliphatic rings. The van der Waals surface area contributed by atoms with Crippen LogP contribution in [0.1, 0.15) is 25.0 Å². The van der Waals surface area contributed by atoms with E-state index in [1.807, 2.05) is 19.9 Å². The monoisotopic (exact) mass is 339 g/mol. The molecule has 130 valence electrons. The number of hydrogen-bond donors (Lipinski definition) is 1. The van der Waals surface area contributed by atoms with Crippen molar-refractivity contribution in [3.8, 4) is 29.1 Å². The molecule has 0 saturated carbocycles. The Hall–Kier alpha value is -3.13. The highest BCUT2D eigenvalue weighted by atomic mass is 16.5. The van der Waals surface area contributed by atoms with Gasteiger partial charge in [0.15, 0.2) is 23.0 Å². The molecular formula is C20H21NO4. The summed E-state index contributed by atoms with van der Waals surface area (Å²) >= 11 is 0. The van der Waals surface area contributed by atoms with Gasteiger partial charge in [-0.05, 0) is 61.4 Å². The minimum Gasteiger partial charge on any atom is -0.504 e. The highest BCUT2D eigenvalue weighted by Crippen LogP contribution is 2.32. The summed E-state index contributed by atoms with van der Waals surface area (Å²) in [6, 6.07) is 12.5. The molecule has 2 aromatic rings. The minimum absolute atomic E-state index is 0.0536. The lowest BCUT2D eigenvalue weighted by Crippen LogP contribution is -1.99. The molecular weight excluding hydrogens is 318 g/mol. The Bertz CT molecular complexity index is 806.